The van der Waals surface area contributed by atoms with Gasteiger partial charge in [-0.05, 0) is 31.4 Å². The summed E-state index contributed by atoms with van der Waals surface area (Å²) in [5.74, 6) is 0.930. The van der Waals surface area contributed by atoms with Gasteiger partial charge in [-0.1, -0.05) is 0 Å². The van der Waals surface area contributed by atoms with Crippen molar-refractivity contribution in [2.75, 3.05) is 0 Å². The summed E-state index contributed by atoms with van der Waals surface area (Å²) < 4.78 is 5.18. The Kier molecular flexibility index (Phi) is 2.66. The van der Waals surface area contributed by atoms with Crippen molar-refractivity contribution >= 4 is 0 Å². The smallest absolute Gasteiger partial charge is 0.117 e. The predicted octanol–water partition coefficient (Wildman–Crippen LogP) is 1.28. The van der Waals surface area contributed by atoms with E-state index in [1.807, 2.05) is 12.1 Å². The first-order valence-corrected chi connectivity index (χ1v) is 4.80. The highest BCUT2D eigenvalue weighted by molar-refractivity contribution is 4.98. The van der Waals surface area contributed by atoms with Gasteiger partial charge in [-0.15, -0.1) is 0 Å². The number of rotatable bonds is 3. The highest BCUT2D eigenvalue weighted by atomic mass is 16.3. The summed E-state index contributed by atoms with van der Waals surface area (Å²) in [5, 5.41) is 12.8. The fraction of sp³-hybridized carbons (Fsp3) is 0.600. The second-order valence-electron chi connectivity index (χ2n) is 3.57. The molecule has 1 saturated carbocycles. The summed E-state index contributed by atoms with van der Waals surface area (Å²) in [4.78, 5) is 0. The fourth-order valence-corrected chi connectivity index (χ4v) is 1.82. The lowest BCUT2D eigenvalue weighted by molar-refractivity contribution is 0.147. The zero-order valence-corrected chi connectivity index (χ0v) is 7.57. The van der Waals surface area contributed by atoms with Crippen LogP contribution in [-0.4, -0.2) is 17.3 Å². The van der Waals surface area contributed by atoms with Crippen molar-refractivity contribution < 1.29 is 9.52 Å². The van der Waals surface area contributed by atoms with Crippen LogP contribution >= 0.6 is 0 Å². The lowest BCUT2D eigenvalue weighted by Crippen LogP contribution is -2.34. The molecule has 1 aliphatic rings. The first-order valence-electron chi connectivity index (χ1n) is 4.80. The average Bonchev–Trinajstić information content (AvgIpc) is 2.72. The van der Waals surface area contributed by atoms with E-state index < -0.39 is 0 Å². The second kappa shape index (κ2) is 3.94. The quantitative estimate of drug-likeness (QED) is 0.738. The molecular weight excluding hydrogens is 166 g/mol. The lowest BCUT2D eigenvalue weighted by atomic mass is 10.2. The van der Waals surface area contributed by atoms with Crippen LogP contribution in [0.1, 0.15) is 25.0 Å². The maximum Gasteiger partial charge on any atom is 0.117 e. The Hall–Kier alpha value is -0.800. The van der Waals surface area contributed by atoms with Crippen LogP contribution in [0, 0.1) is 0 Å². The molecule has 13 heavy (non-hydrogen) atoms. The van der Waals surface area contributed by atoms with Crippen LogP contribution in [0.5, 0.6) is 0 Å². The number of aliphatic hydroxyl groups excluding tert-OH is 1. The first-order chi connectivity index (χ1) is 6.36. The van der Waals surface area contributed by atoms with Gasteiger partial charge in [-0.25, -0.2) is 0 Å². The SMILES string of the molecule is OC1CCCC1NCc1ccco1. The lowest BCUT2D eigenvalue weighted by Gasteiger charge is -2.14. The molecule has 1 aliphatic carbocycles. The van der Waals surface area contributed by atoms with Crippen LogP contribution in [-0.2, 0) is 6.54 Å². The predicted molar refractivity (Wildman–Crippen MR) is 49.2 cm³/mol. The molecule has 3 nitrogen and oxygen atoms in total. The minimum Gasteiger partial charge on any atom is -0.468 e. The molecule has 0 radical (unpaired) electrons. The zero-order valence-electron chi connectivity index (χ0n) is 7.57. The maximum absolute atomic E-state index is 9.52. The molecule has 2 rings (SSSR count). The van der Waals surface area contributed by atoms with E-state index in [0.29, 0.717) is 6.54 Å². The van der Waals surface area contributed by atoms with Crippen molar-refractivity contribution in [1.29, 1.82) is 0 Å². The van der Waals surface area contributed by atoms with Gasteiger partial charge in [0, 0.05) is 6.04 Å². The van der Waals surface area contributed by atoms with E-state index in [2.05, 4.69) is 5.32 Å². The van der Waals surface area contributed by atoms with Crippen LogP contribution in [0.4, 0.5) is 0 Å². The minimum absolute atomic E-state index is 0.171. The number of hydrogen-bond donors (Lipinski definition) is 2. The number of nitrogens with one attached hydrogen (secondary N) is 1. The molecular formula is C10H15NO2. The highest BCUT2D eigenvalue weighted by Crippen LogP contribution is 2.19. The van der Waals surface area contributed by atoms with E-state index in [1.165, 1.54) is 0 Å². The average molecular weight is 181 g/mol. The van der Waals surface area contributed by atoms with Gasteiger partial charge in [0.25, 0.3) is 0 Å². The molecule has 1 aromatic heterocycles. The van der Waals surface area contributed by atoms with Gasteiger partial charge in [-0.3, -0.25) is 0 Å². The largest absolute Gasteiger partial charge is 0.468 e. The Morgan fingerprint density at radius 1 is 1.54 bits per heavy atom. The van der Waals surface area contributed by atoms with E-state index in [-0.39, 0.29) is 12.1 Å². The maximum atomic E-state index is 9.52. The van der Waals surface area contributed by atoms with Crippen molar-refractivity contribution in [2.45, 2.75) is 38.0 Å². The summed E-state index contributed by atoms with van der Waals surface area (Å²) in [6, 6.07) is 4.07. The molecule has 1 heterocycles. The van der Waals surface area contributed by atoms with E-state index >= 15 is 0 Å². The number of furan rings is 1. The third-order valence-corrected chi connectivity index (χ3v) is 2.60. The van der Waals surface area contributed by atoms with Crippen LogP contribution in [0.25, 0.3) is 0 Å². The molecule has 2 atom stereocenters. The molecule has 1 fully saturated rings. The summed E-state index contributed by atoms with van der Waals surface area (Å²) in [7, 11) is 0. The van der Waals surface area contributed by atoms with Crippen LogP contribution < -0.4 is 5.32 Å². The molecule has 0 spiro atoms. The van der Waals surface area contributed by atoms with E-state index in [0.717, 1.165) is 25.0 Å². The van der Waals surface area contributed by atoms with Crippen molar-refractivity contribution in [2.24, 2.45) is 0 Å². The minimum atomic E-state index is -0.171. The summed E-state index contributed by atoms with van der Waals surface area (Å²) in [5.41, 5.74) is 0. The molecule has 0 bridgehead atoms. The van der Waals surface area contributed by atoms with E-state index in [9.17, 15) is 5.11 Å². The van der Waals surface area contributed by atoms with Gasteiger partial charge in [0.15, 0.2) is 0 Å². The Morgan fingerprint density at radius 3 is 3.08 bits per heavy atom. The monoisotopic (exact) mass is 181 g/mol. The zero-order chi connectivity index (χ0) is 9.10. The third kappa shape index (κ3) is 2.11. The van der Waals surface area contributed by atoms with Crippen molar-refractivity contribution in [3.63, 3.8) is 0 Å². The number of hydrogen-bond acceptors (Lipinski definition) is 3. The van der Waals surface area contributed by atoms with Crippen molar-refractivity contribution in [3.8, 4) is 0 Å². The van der Waals surface area contributed by atoms with Crippen LogP contribution in [0.2, 0.25) is 0 Å². The van der Waals surface area contributed by atoms with Gasteiger partial charge in [0.2, 0.25) is 0 Å². The number of aliphatic hydroxyl groups is 1. The molecule has 0 aromatic carbocycles. The molecule has 0 amide bonds. The second-order valence-corrected chi connectivity index (χ2v) is 3.57. The standard InChI is InChI=1S/C10H15NO2/c12-10-5-1-4-9(10)11-7-8-3-2-6-13-8/h2-3,6,9-12H,1,4-5,7H2. The molecule has 2 unspecified atom stereocenters. The molecule has 0 saturated heterocycles. The first kappa shape index (κ1) is 8.78. The van der Waals surface area contributed by atoms with Crippen molar-refractivity contribution in [1.82, 2.24) is 5.32 Å². The van der Waals surface area contributed by atoms with Gasteiger partial charge in [0.1, 0.15) is 5.76 Å². The Bertz CT molecular complexity index is 245. The van der Waals surface area contributed by atoms with Gasteiger partial charge in [-0.2, -0.15) is 0 Å². The third-order valence-electron chi connectivity index (χ3n) is 2.60. The van der Waals surface area contributed by atoms with Crippen LogP contribution in [0.15, 0.2) is 22.8 Å². The highest BCUT2D eigenvalue weighted by Gasteiger charge is 2.24. The molecule has 72 valence electrons. The van der Waals surface area contributed by atoms with Crippen molar-refractivity contribution in [3.05, 3.63) is 24.2 Å². The Labute approximate surface area is 77.8 Å². The Balaban J connectivity index is 1.79. The fourth-order valence-electron chi connectivity index (χ4n) is 1.82. The molecule has 1 aromatic rings. The molecule has 3 heteroatoms. The summed E-state index contributed by atoms with van der Waals surface area (Å²) in [6.45, 7) is 0.717. The topological polar surface area (TPSA) is 45.4 Å². The van der Waals surface area contributed by atoms with Gasteiger partial charge < -0.3 is 14.8 Å². The normalized spacial score (nSPS) is 28.1. The summed E-state index contributed by atoms with van der Waals surface area (Å²) >= 11 is 0. The van der Waals surface area contributed by atoms with Crippen LogP contribution in [0.3, 0.4) is 0 Å². The van der Waals surface area contributed by atoms with E-state index in [4.69, 9.17) is 4.42 Å². The van der Waals surface area contributed by atoms with Gasteiger partial charge in [0.05, 0.1) is 18.9 Å². The molecule has 0 aliphatic heterocycles. The molecule has 2 N–H and O–H groups in total. The Morgan fingerprint density at radius 2 is 2.46 bits per heavy atom. The summed E-state index contributed by atoms with van der Waals surface area (Å²) in [6.07, 6.45) is 4.62. The van der Waals surface area contributed by atoms with E-state index in [1.54, 1.807) is 6.26 Å². The van der Waals surface area contributed by atoms with Gasteiger partial charge >= 0.3 is 0 Å².